The van der Waals surface area contributed by atoms with Gasteiger partial charge in [-0.2, -0.15) is 5.10 Å². The van der Waals surface area contributed by atoms with Crippen molar-refractivity contribution in [2.75, 3.05) is 6.54 Å². The Morgan fingerprint density at radius 1 is 1.45 bits per heavy atom. The summed E-state index contributed by atoms with van der Waals surface area (Å²) < 4.78 is 8.10. The molecule has 118 valence electrons. The van der Waals surface area contributed by atoms with Gasteiger partial charge in [0.2, 0.25) is 0 Å². The minimum Gasteiger partial charge on any atom is -0.361 e. The van der Waals surface area contributed by atoms with Crippen LogP contribution in [-0.4, -0.2) is 32.0 Å². The van der Waals surface area contributed by atoms with Crippen molar-refractivity contribution in [2.24, 2.45) is 0 Å². The Morgan fingerprint density at radius 3 is 3.05 bits per heavy atom. The van der Waals surface area contributed by atoms with Crippen LogP contribution in [0.4, 0.5) is 0 Å². The molecule has 0 aromatic carbocycles. The highest BCUT2D eigenvalue weighted by Crippen LogP contribution is 2.09. The number of hydrogen-bond acceptors (Lipinski definition) is 5. The van der Waals surface area contributed by atoms with Gasteiger partial charge in [0.15, 0.2) is 5.69 Å². The van der Waals surface area contributed by atoms with Crippen molar-refractivity contribution in [3.05, 3.63) is 33.8 Å². The molecule has 1 aliphatic heterocycles. The number of nitrogens with zero attached hydrogens (tertiary/aromatic N) is 4. The Kier molecular flexibility index (Phi) is 4.08. The van der Waals surface area contributed by atoms with E-state index in [-0.39, 0.29) is 17.3 Å². The van der Waals surface area contributed by atoms with Crippen molar-refractivity contribution in [3.63, 3.8) is 0 Å². The molecule has 0 spiro atoms. The van der Waals surface area contributed by atoms with E-state index in [1.807, 2.05) is 0 Å². The molecule has 22 heavy (non-hydrogen) atoms. The Hall–Kier alpha value is -2.38. The maximum Gasteiger partial charge on any atom is 0.345 e. The molecule has 0 bridgehead atoms. The molecule has 1 aliphatic rings. The smallest absolute Gasteiger partial charge is 0.345 e. The monoisotopic (exact) mass is 305 g/mol. The van der Waals surface area contributed by atoms with Crippen LogP contribution in [0.25, 0.3) is 0 Å². The second-order valence-electron chi connectivity index (χ2n) is 5.46. The largest absolute Gasteiger partial charge is 0.361 e. The van der Waals surface area contributed by atoms with Gasteiger partial charge < -0.3 is 9.84 Å². The second kappa shape index (κ2) is 6.17. The van der Waals surface area contributed by atoms with E-state index in [0.717, 1.165) is 31.6 Å². The summed E-state index contributed by atoms with van der Waals surface area (Å²) in [6.45, 7) is 3.45. The first-order chi connectivity index (χ1) is 10.6. The van der Waals surface area contributed by atoms with Gasteiger partial charge in [-0.15, -0.1) is 0 Å². The number of aromatic nitrogens is 4. The summed E-state index contributed by atoms with van der Waals surface area (Å²) in [5, 5.41) is 10.8. The van der Waals surface area contributed by atoms with E-state index >= 15 is 0 Å². The van der Waals surface area contributed by atoms with Gasteiger partial charge in [0, 0.05) is 32.1 Å². The zero-order valence-corrected chi connectivity index (χ0v) is 12.5. The van der Waals surface area contributed by atoms with E-state index < -0.39 is 0 Å². The highest BCUT2D eigenvalue weighted by atomic mass is 16.5. The number of aryl methyl sites for hydroxylation is 3. The summed E-state index contributed by atoms with van der Waals surface area (Å²) in [5.74, 6) is 1.20. The number of carbonyl (C=O) groups is 1. The fourth-order valence-corrected chi connectivity index (χ4v) is 2.59. The van der Waals surface area contributed by atoms with E-state index in [2.05, 4.69) is 15.6 Å². The van der Waals surface area contributed by atoms with Gasteiger partial charge >= 0.3 is 5.69 Å². The number of amides is 1. The van der Waals surface area contributed by atoms with Crippen LogP contribution in [-0.2, 0) is 19.5 Å². The lowest BCUT2D eigenvalue weighted by Gasteiger charge is -2.09. The van der Waals surface area contributed by atoms with Crippen LogP contribution in [0.3, 0.4) is 0 Å². The Balaban J connectivity index is 1.50. The molecule has 0 saturated heterocycles. The molecule has 8 heteroatoms. The summed E-state index contributed by atoms with van der Waals surface area (Å²) in [5.41, 5.74) is 0.222. The van der Waals surface area contributed by atoms with Crippen LogP contribution in [0.1, 0.15) is 41.3 Å². The maximum absolute atomic E-state index is 12.1. The number of rotatable bonds is 5. The average Bonchev–Trinajstić information content (AvgIpc) is 3.08. The molecule has 0 unspecified atom stereocenters. The van der Waals surface area contributed by atoms with Crippen molar-refractivity contribution in [3.8, 4) is 0 Å². The van der Waals surface area contributed by atoms with Crippen LogP contribution in [0.2, 0.25) is 0 Å². The molecule has 0 aliphatic carbocycles. The SMILES string of the molecule is Cc1cc(C(=O)NCCCn2nc3n(c2=O)CCCC3)no1. The predicted octanol–water partition coefficient (Wildman–Crippen LogP) is 0.498. The van der Waals surface area contributed by atoms with Crippen molar-refractivity contribution in [2.45, 2.75) is 45.7 Å². The molecular weight excluding hydrogens is 286 g/mol. The zero-order valence-electron chi connectivity index (χ0n) is 12.5. The molecule has 1 amide bonds. The van der Waals surface area contributed by atoms with Crippen LogP contribution in [0.5, 0.6) is 0 Å². The van der Waals surface area contributed by atoms with E-state index in [0.29, 0.717) is 25.3 Å². The second-order valence-corrected chi connectivity index (χ2v) is 5.46. The van der Waals surface area contributed by atoms with Gasteiger partial charge in [0.05, 0.1) is 0 Å². The highest BCUT2D eigenvalue weighted by Gasteiger charge is 2.16. The van der Waals surface area contributed by atoms with E-state index in [4.69, 9.17) is 4.52 Å². The van der Waals surface area contributed by atoms with Gasteiger partial charge in [0.25, 0.3) is 5.91 Å². The third-order valence-corrected chi connectivity index (χ3v) is 3.72. The third kappa shape index (κ3) is 2.95. The first kappa shape index (κ1) is 14.6. The van der Waals surface area contributed by atoms with E-state index in [1.54, 1.807) is 17.6 Å². The first-order valence-electron chi connectivity index (χ1n) is 7.53. The fourth-order valence-electron chi connectivity index (χ4n) is 2.59. The molecular formula is C14H19N5O3. The molecule has 0 radical (unpaired) electrons. The Labute approximate surface area is 127 Å². The molecule has 2 aromatic heterocycles. The zero-order chi connectivity index (χ0) is 15.5. The van der Waals surface area contributed by atoms with Crippen molar-refractivity contribution in [1.82, 2.24) is 24.8 Å². The van der Waals surface area contributed by atoms with Crippen LogP contribution < -0.4 is 11.0 Å². The highest BCUT2D eigenvalue weighted by molar-refractivity contribution is 5.92. The van der Waals surface area contributed by atoms with Gasteiger partial charge in [0.1, 0.15) is 11.6 Å². The molecule has 3 heterocycles. The molecule has 0 atom stereocenters. The predicted molar refractivity (Wildman–Crippen MR) is 77.6 cm³/mol. The summed E-state index contributed by atoms with van der Waals surface area (Å²) in [4.78, 5) is 23.9. The molecule has 0 saturated carbocycles. The topological polar surface area (TPSA) is 95.0 Å². The molecule has 3 rings (SSSR count). The van der Waals surface area contributed by atoms with Gasteiger partial charge in [-0.1, -0.05) is 5.16 Å². The van der Waals surface area contributed by atoms with Crippen molar-refractivity contribution < 1.29 is 9.32 Å². The van der Waals surface area contributed by atoms with Crippen molar-refractivity contribution in [1.29, 1.82) is 0 Å². The standard InChI is InChI=1S/C14H19N5O3/c1-10-9-11(17-22-10)13(20)15-6-4-8-19-14(21)18-7-3-2-5-12(18)16-19/h9H,2-8H2,1H3,(H,15,20). The Bertz CT molecular complexity index is 727. The van der Waals surface area contributed by atoms with E-state index in [9.17, 15) is 9.59 Å². The molecule has 8 nitrogen and oxygen atoms in total. The third-order valence-electron chi connectivity index (χ3n) is 3.72. The summed E-state index contributed by atoms with van der Waals surface area (Å²) in [7, 11) is 0. The van der Waals surface area contributed by atoms with Crippen LogP contribution in [0, 0.1) is 6.92 Å². The first-order valence-corrected chi connectivity index (χ1v) is 7.53. The lowest BCUT2D eigenvalue weighted by atomic mass is 10.2. The van der Waals surface area contributed by atoms with Gasteiger partial charge in [-0.05, 0) is 26.2 Å². The maximum atomic E-state index is 12.1. The van der Waals surface area contributed by atoms with Crippen molar-refractivity contribution >= 4 is 5.91 Å². The number of hydrogen-bond donors (Lipinski definition) is 1. The van der Waals surface area contributed by atoms with Gasteiger partial charge in [-0.25, -0.2) is 9.48 Å². The number of nitrogens with one attached hydrogen (secondary N) is 1. The minimum atomic E-state index is -0.270. The minimum absolute atomic E-state index is 0.0480. The molecule has 0 fully saturated rings. The summed E-state index contributed by atoms with van der Waals surface area (Å²) in [6, 6.07) is 1.59. The lowest BCUT2D eigenvalue weighted by molar-refractivity contribution is 0.0943. The van der Waals surface area contributed by atoms with Crippen LogP contribution in [0.15, 0.2) is 15.4 Å². The lowest BCUT2D eigenvalue weighted by Crippen LogP contribution is -2.29. The van der Waals surface area contributed by atoms with Gasteiger partial charge in [-0.3, -0.25) is 9.36 Å². The average molecular weight is 305 g/mol. The van der Waals surface area contributed by atoms with E-state index in [1.165, 1.54) is 4.68 Å². The number of fused-ring (bicyclic) bond motifs is 1. The number of carbonyl (C=O) groups excluding carboxylic acids is 1. The normalized spacial score (nSPS) is 13.9. The fraction of sp³-hybridized carbons (Fsp3) is 0.571. The van der Waals surface area contributed by atoms with Crippen LogP contribution >= 0.6 is 0 Å². The summed E-state index contributed by atoms with van der Waals surface area (Å²) >= 11 is 0. The quantitative estimate of drug-likeness (QED) is 0.812. The molecule has 2 aromatic rings. The Morgan fingerprint density at radius 2 is 2.32 bits per heavy atom. The summed E-state index contributed by atoms with van der Waals surface area (Å²) in [6.07, 6.45) is 3.62. The molecule has 1 N–H and O–H groups in total.